The van der Waals surface area contributed by atoms with Crippen LogP contribution in [-0.4, -0.2) is 22.2 Å². The maximum atomic E-state index is 12.2. The van der Waals surface area contributed by atoms with Gasteiger partial charge in [-0.05, 0) is 36.6 Å². The highest BCUT2D eigenvalue weighted by Gasteiger charge is 2.12. The molecular weight excluding hydrogens is 334 g/mol. The molecule has 0 fully saturated rings. The first-order valence-electron chi connectivity index (χ1n) is 8.06. The summed E-state index contributed by atoms with van der Waals surface area (Å²) in [7, 11) is 0. The van der Waals surface area contributed by atoms with Crippen LogP contribution in [0.3, 0.4) is 0 Å². The molecule has 25 heavy (non-hydrogen) atoms. The number of furan rings is 1. The average Bonchev–Trinajstić information content (AvgIpc) is 3.34. The average molecular weight is 351 g/mol. The Morgan fingerprint density at radius 3 is 2.92 bits per heavy atom. The van der Waals surface area contributed by atoms with Crippen LogP contribution in [0.4, 0.5) is 0 Å². The summed E-state index contributed by atoms with van der Waals surface area (Å²) in [6.07, 6.45) is 0. The lowest BCUT2D eigenvalue weighted by molar-refractivity contribution is 0.0926. The van der Waals surface area contributed by atoms with Crippen molar-refractivity contribution < 1.29 is 9.21 Å². The van der Waals surface area contributed by atoms with Gasteiger partial charge in [-0.25, -0.2) is 0 Å². The molecule has 4 aromatic rings. The zero-order valence-electron chi connectivity index (χ0n) is 13.7. The minimum Gasteiger partial charge on any atom is -0.451 e. The van der Waals surface area contributed by atoms with E-state index in [1.54, 1.807) is 17.4 Å². The van der Waals surface area contributed by atoms with Crippen molar-refractivity contribution >= 4 is 28.2 Å². The molecular formula is C19H17N3O2S. The van der Waals surface area contributed by atoms with Gasteiger partial charge in [0.25, 0.3) is 5.91 Å². The molecule has 5 nitrogen and oxygen atoms in total. The van der Waals surface area contributed by atoms with Crippen LogP contribution in [-0.2, 0) is 6.54 Å². The Morgan fingerprint density at radius 1 is 1.24 bits per heavy atom. The van der Waals surface area contributed by atoms with Crippen LogP contribution >= 0.6 is 11.3 Å². The molecule has 0 aliphatic heterocycles. The Morgan fingerprint density at radius 2 is 2.12 bits per heavy atom. The third kappa shape index (κ3) is 3.21. The fourth-order valence-corrected chi connectivity index (χ4v) is 3.42. The summed E-state index contributed by atoms with van der Waals surface area (Å²) in [5.74, 6) is 0.122. The van der Waals surface area contributed by atoms with Gasteiger partial charge in [-0.3, -0.25) is 9.48 Å². The van der Waals surface area contributed by atoms with Crippen molar-refractivity contribution in [1.29, 1.82) is 0 Å². The molecule has 0 aliphatic carbocycles. The van der Waals surface area contributed by atoms with E-state index in [2.05, 4.69) is 22.5 Å². The number of nitrogens with one attached hydrogen (secondary N) is 1. The molecule has 0 aliphatic rings. The molecule has 0 bridgehead atoms. The highest BCUT2D eigenvalue weighted by molar-refractivity contribution is 7.13. The first-order valence-corrected chi connectivity index (χ1v) is 8.94. The number of hydrogen-bond donors (Lipinski definition) is 1. The number of fused-ring (bicyclic) bond motifs is 1. The molecule has 3 aromatic heterocycles. The second kappa shape index (κ2) is 6.57. The van der Waals surface area contributed by atoms with Crippen LogP contribution in [0, 0.1) is 6.92 Å². The lowest BCUT2D eigenvalue weighted by Crippen LogP contribution is -2.27. The van der Waals surface area contributed by atoms with Gasteiger partial charge in [-0.2, -0.15) is 5.10 Å². The lowest BCUT2D eigenvalue weighted by Gasteiger charge is -2.05. The van der Waals surface area contributed by atoms with Crippen LogP contribution in [0.5, 0.6) is 0 Å². The second-order valence-electron chi connectivity index (χ2n) is 5.78. The van der Waals surface area contributed by atoms with Crippen LogP contribution in [0.25, 0.3) is 21.5 Å². The Kier molecular flexibility index (Phi) is 4.11. The number of aromatic nitrogens is 2. The zero-order chi connectivity index (χ0) is 17.2. The minimum atomic E-state index is -0.209. The van der Waals surface area contributed by atoms with E-state index in [9.17, 15) is 4.79 Å². The zero-order valence-corrected chi connectivity index (χ0v) is 14.5. The summed E-state index contributed by atoms with van der Waals surface area (Å²) in [4.78, 5) is 13.4. The van der Waals surface area contributed by atoms with Crippen LogP contribution in [0.15, 0.2) is 58.3 Å². The summed E-state index contributed by atoms with van der Waals surface area (Å²) >= 11 is 1.67. The number of amides is 1. The molecule has 0 saturated heterocycles. The van der Waals surface area contributed by atoms with Gasteiger partial charge in [-0.15, -0.1) is 11.3 Å². The molecule has 4 rings (SSSR count). The van der Waals surface area contributed by atoms with Crippen molar-refractivity contribution in [1.82, 2.24) is 15.1 Å². The van der Waals surface area contributed by atoms with Gasteiger partial charge in [0.15, 0.2) is 5.76 Å². The normalized spacial score (nSPS) is 11.1. The van der Waals surface area contributed by atoms with Gasteiger partial charge in [0.1, 0.15) is 11.3 Å². The molecule has 0 saturated carbocycles. The first kappa shape index (κ1) is 15.7. The van der Waals surface area contributed by atoms with Crippen molar-refractivity contribution in [3.63, 3.8) is 0 Å². The van der Waals surface area contributed by atoms with Crippen molar-refractivity contribution in [2.45, 2.75) is 13.5 Å². The number of para-hydroxylation sites is 1. The Hall–Kier alpha value is -2.86. The third-order valence-electron chi connectivity index (χ3n) is 4.01. The number of nitrogens with zero attached hydrogens (tertiary/aromatic N) is 2. The molecule has 0 radical (unpaired) electrons. The number of carbonyl (C=O) groups excluding carboxylic acids is 1. The predicted octanol–water partition coefficient (Wildman–Crippen LogP) is 4.10. The Bertz CT molecular complexity index is 982. The topological polar surface area (TPSA) is 60.1 Å². The first-order chi connectivity index (χ1) is 12.2. The number of thiophene rings is 1. The summed E-state index contributed by atoms with van der Waals surface area (Å²) in [5, 5.41) is 10.5. The molecule has 0 unspecified atom stereocenters. The highest BCUT2D eigenvalue weighted by atomic mass is 32.1. The maximum absolute atomic E-state index is 12.2. The molecule has 3 heterocycles. The van der Waals surface area contributed by atoms with Gasteiger partial charge in [0.05, 0.1) is 11.4 Å². The van der Waals surface area contributed by atoms with E-state index in [4.69, 9.17) is 4.42 Å². The van der Waals surface area contributed by atoms with Gasteiger partial charge < -0.3 is 9.73 Å². The summed E-state index contributed by atoms with van der Waals surface area (Å²) < 4.78 is 7.49. The quantitative estimate of drug-likeness (QED) is 0.589. The largest absolute Gasteiger partial charge is 0.451 e. The Labute approximate surface area is 148 Å². The summed E-state index contributed by atoms with van der Waals surface area (Å²) in [5.41, 5.74) is 2.76. The van der Waals surface area contributed by atoms with Crippen molar-refractivity contribution in [2.75, 3.05) is 6.54 Å². The molecule has 0 spiro atoms. The third-order valence-corrected chi connectivity index (χ3v) is 4.91. The smallest absolute Gasteiger partial charge is 0.287 e. The van der Waals surface area contributed by atoms with Gasteiger partial charge in [0.2, 0.25) is 0 Å². The highest BCUT2D eigenvalue weighted by Crippen LogP contribution is 2.23. The summed E-state index contributed by atoms with van der Waals surface area (Å²) in [6.45, 7) is 3.12. The van der Waals surface area contributed by atoms with E-state index in [1.165, 1.54) is 0 Å². The van der Waals surface area contributed by atoms with Crippen molar-refractivity contribution in [2.24, 2.45) is 0 Å². The number of benzene rings is 1. The molecule has 1 aromatic carbocycles. The molecule has 1 amide bonds. The van der Waals surface area contributed by atoms with Gasteiger partial charge in [-0.1, -0.05) is 24.3 Å². The molecule has 6 heteroatoms. The van der Waals surface area contributed by atoms with Crippen LogP contribution < -0.4 is 5.32 Å². The number of aryl methyl sites for hydroxylation is 1. The minimum absolute atomic E-state index is 0.209. The summed E-state index contributed by atoms with van der Waals surface area (Å²) in [6, 6.07) is 15.5. The van der Waals surface area contributed by atoms with E-state index in [1.807, 2.05) is 47.3 Å². The monoisotopic (exact) mass is 351 g/mol. The SMILES string of the molecule is Cc1cc(-c2cccs2)nn1CCNC(=O)c1cc2ccccc2o1. The fourth-order valence-electron chi connectivity index (χ4n) is 2.74. The molecule has 1 N–H and O–H groups in total. The van der Waals surface area contributed by atoms with E-state index < -0.39 is 0 Å². The maximum Gasteiger partial charge on any atom is 0.287 e. The van der Waals surface area contributed by atoms with E-state index in [0.29, 0.717) is 18.8 Å². The second-order valence-corrected chi connectivity index (χ2v) is 6.72. The number of carbonyl (C=O) groups is 1. The fraction of sp³-hybridized carbons (Fsp3) is 0.158. The molecule has 126 valence electrons. The van der Waals surface area contributed by atoms with Crippen molar-refractivity contribution in [3.05, 3.63) is 65.4 Å². The number of rotatable bonds is 5. The van der Waals surface area contributed by atoms with Crippen LogP contribution in [0.1, 0.15) is 16.2 Å². The predicted molar refractivity (Wildman–Crippen MR) is 98.8 cm³/mol. The molecule has 0 atom stereocenters. The Balaban J connectivity index is 1.39. The number of hydrogen-bond acceptors (Lipinski definition) is 4. The standard InChI is InChI=1S/C19H17N3O2S/c1-13-11-15(18-7-4-10-25-18)21-22(13)9-8-20-19(23)17-12-14-5-2-3-6-16(14)24-17/h2-7,10-12H,8-9H2,1H3,(H,20,23). The van der Waals surface area contributed by atoms with Crippen molar-refractivity contribution in [3.8, 4) is 10.6 Å². The van der Waals surface area contributed by atoms with E-state index >= 15 is 0 Å². The van der Waals surface area contributed by atoms with Gasteiger partial charge in [0, 0.05) is 17.6 Å². The van der Waals surface area contributed by atoms with Crippen LogP contribution in [0.2, 0.25) is 0 Å². The van der Waals surface area contributed by atoms with E-state index in [0.717, 1.165) is 27.2 Å². The van der Waals surface area contributed by atoms with E-state index in [-0.39, 0.29) is 5.91 Å². The van der Waals surface area contributed by atoms with Gasteiger partial charge >= 0.3 is 0 Å². The lowest BCUT2D eigenvalue weighted by atomic mass is 10.2.